The van der Waals surface area contributed by atoms with E-state index in [-0.39, 0.29) is 12.7 Å². The molecule has 0 saturated heterocycles. The van der Waals surface area contributed by atoms with Crippen LogP contribution in [0.4, 0.5) is 10.6 Å². The lowest BCUT2D eigenvalue weighted by Gasteiger charge is -2.19. The highest BCUT2D eigenvalue weighted by Crippen LogP contribution is 2.51. The Kier molecular flexibility index (Phi) is 6.04. The van der Waals surface area contributed by atoms with Crippen LogP contribution in [0.1, 0.15) is 44.7 Å². The van der Waals surface area contributed by atoms with Gasteiger partial charge in [-0.05, 0) is 80.6 Å². The first-order valence-electron chi connectivity index (χ1n) is 12.0. The van der Waals surface area contributed by atoms with Crippen LogP contribution in [0.2, 0.25) is 0 Å². The second kappa shape index (κ2) is 9.18. The lowest BCUT2D eigenvalue weighted by Crippen LogP contribution is -2.32. The first-order chi connectivity index (χ1) is 17.2. The van der Waals surface area contributed by atoms with E-state index in [1.54, 1.807) is 12.3 Å². The fraction of sp³-hybridized carbons (Fsp3) is 0.321. The summed E-state index contributed by atoms with van der Waals surface area (Å²) >= 11 is 0. The van der Waals surface area contributed by atoms with E-state index in [1.807, 2.05) is 69.3 Å². The zero-order chi connectivity index (χ0) is 25.3. The standard InChI is InChI=1S/C28H29N3O5/c1-27(2,3)36-26(33)30-15-18-5-4-6-19(13-18)20-7-10-24(29-16-20)31-25(32)28(11-12-28)21-8-9-22-23(14-21)35-17-34-22/h4-10,13-14,16H,11-12,15,17H2,1-3H3,(H,30,33)(H,29,31,32). The number of hydrogen-bond acceptors (Lipinski definition) is 6. The maximum atomic E-state index is 13.1. The Balaban J connectivity index is 1.22. The molecule has 1 aliphatic heterocycles. The van der Waals surface area contributed by atoms with Gasteiger partial charge in [0.1, 0.15) is 11.4 Å². The maximum Gasteiger partial charge on any atom is 0.407 e. The fourth-order valence-electron chi connectivity index (χ4n) is 4.19. The summed E-state index contributed by atoms with van der Waals surface area (Å²) in [6, 6.07) is 17.2. The smallest absolute Gasteiger partial charge is 0.407 e. The number of aromatic nitrogens is 1. The minimum absolute atomic E-state index is 0.0724. The zero-order valence-electron chi connectivity index (χ0n) is 20.6. The molecule has 2 aliphatic rings. The number of nitrogens with one attached hydrogen (secondary N) is 2. The predicted molar refractivity (Wildman–Crippen MR) is 135 cm³/mol. The first-order valence-corrected chi connectivity index (χ1v) is 12.0. The number of rotatable bonds is 6. The summed E-state index contributed by atoms with van der Waals surface area (Å²) in [7, 11) is 0. The second-order valence-corrected chi connectivity index (χ2v) is 10.1. The van der Waals surface area contributed by atoms with Crippen LogP contribution in [-0.2, 0) is 21.5 Å². The Morgan fingerprint density at radius 1 is 1.00 bits per heavy atom. The molecular formula is C28H29N3O5. The molecule has 1 aromatic heterocycles. The molecule has 1 fully saturated rings. The molecule has 1 saturated carbocycles. The Bertz CT molecular complexity index is 1290. The minimum Gasteiger partial charge on any atom is -0.454 e. The van der Waals surface area contributed by atoms with Gasteiger partial charge in [-0.2, -0.15) is 0 Å². The average Bonchev–Trinajstić information content (AvgIpc) is 3.53. The van der Waals surface area contributed by atoms with Crippen molar-refractivity contribution in [2.75, 3.05) is 12.1 Å². The van der Waals surface area contributed by atoms with Gasteiger partial charge < -0.3 is 24.8 Å². The van der Waals surface area contributed by atoms with E-state index in [9.17, 15) is 9.59 Å². The van der Waals surface area contributed by atoms with E-state index in [0.717, 1.165) is 35.1 Å². The number of ether oxygens (including phenoxy) is 3. The molecule has 8 heteroatoms. The van der Waals surface area contributed by atoms with Gasteiger partial charge in [0.15, 0.2) is 11.5 Å². The summed E-state index contributed by atoms with van der Waals surface area (Å²) in [5, 5.41) is 5.74. The van der Waals surface area contributed by atoms with Gasteiger partial charge >= 0.3 is 6.09 Å². The van der Waals surface area contributed by atoms with Crippen LogP contribution in [0, 0.1) is 0 Å². The lowest BCUT2D eigenvalue weighted by atomic mass is 9.94. The number of fused-ring (bicyclic) bond motifs is 1. The molecule has 3 aromatic rings. The highest BCUT2D eigenvalue weighted by atomic mass is 16.7. The number of amides is 2. The molecule has 2 aromatic carbocycles. The first kappa shape index (κ1) is 23.7. The molecule has 0 spiro atoms. The van der Waals surface area contributed by atoms with Crippen molar-refractivity contribution in [3.8, 4) is 22.6 Å². The van der Waals surface area contributed by atoms with E-state index in [1.165, 1.54) is 0 Å². The summed E-state index contributed by atoms with van der Waals surface area (Å²) in [5.41, 5.74) is 2.63. The van der Waals surface area contributed by atoms with E-state index < -0.39 is 17.1 Å². The van der Waals surface area contributed by atoms with E-state index in [4.69, 9.17) is 14.2 Å². The van der Waals surface area contributed by atoms with Crippen molar-refractivity contribution < 1.29 is 23.8 Å². The van der Waals surface area contributed by atoms with Crippen molar-refractivity contribution in [1.29, 1.82) is 0 Å². The van der Waals surface area contributed by atoms with Crippen LogP contribution in [0.25, 0.3) is 11.1 Å². The summed E-state index contributed by atoms with van der Waals surface area (Å²) in [6.07, 6.45) is 2.83. The summed E-state index contributed by atoms with van der Waals surface area (Å²) in [4.78, 5) is 29.5. The van der Waals surface area contributed by atoms with Crippen molar-refractivity contribution in [3.63, 3.8) is 0 Å². The third-order valence-corrected chi connectivity index (χ3v) is 6.21. The van der Waals surface area contributed by atoms with E-state index >= 15 is 0 Å². The number of benzene rings is 2. The van der Waals surface area contributed by atoms with Gasteiger partial charge in [-0.15, -0.1) is 0 Å². The summed E-state index contributed by atoms with van der Waals surface area (Å²) < 4.78 is 16.1. The highest BCUT2D eigenvalue weighted by Gasteiger charge is 2.51. The molecular weight excluding hydrogens is 458 g/mol. The van der Waals surface area contributed by atoms with Crippen molar-refractivity contribution in [3.05, 3.63) is 71.9 Å². The molecule has 0 bridgehead atoms. The van der Waals surface area contributed by atoms with Crippen LogP contribution in [0.5, 0.6) is 11.5 Å². The van der Waals surface area contributed by atoms with Crippen molar-refractivity contribution in [1.82, 2.24) is 10.3 Å². The molecule has 2 N–H and O–H groups in total. The molecule has 5 rings (SSSR count). The van der Waals surface area contributed by atoms with Crippen molar-refractivity contribution in [2.24, 2.45) is 0 Å². The van der Waals surface area contributed by atoms with Gasteiger partial charge in [0, 0.05) is 18.3 Å². The van der Waals surface area contributed by atoms with Gasteiger partial charge in [0.05, 0.1) is 5.41 Å². The van der Waals surface area contributed by atoms with Crippen LogP contribution in [-0.4, -0.2) is 29.4 Å². The van der Waals surface area contributed by atoms with Crippen LogP contribution in [0.15, 0.2) is 60.8 Å². The molecule has 1 aliphatic carbocycles. The molecule has 0 atom stereocenters. The van der Waals surface area contributed by atoms with Gasteiger partial charge in [-0.1, -0.05) is 24.3 Å². The third kappa shape index (κ3) is 5.12. The quantitative estimate of drug-likeness (QED) is 0.498. The number of anilines is 1. The highest BCUT2D eigenvalue weighted by molar-refractivity contribution is 6.01. The molecule has 0 unspecified atom stereocenters. The Hall–Kier alpha value is -4.07. The topological polar surface area (TPSA) is 98.8 Å². The van der Waals surface area contributed by atoms with Crippen molar-refractivity contribution in [2.45, 2.75) is 51.2 Å². The number of carbonyl (C=O) groups excluding carboxylic acids is 2. The monoisotopic (exact) mass is 487 g/mol. The number of hydrogen-bond donors (Lipinski definition) is 2. The predicted octanol–water partition coefficient (Wildman–Crippen LogP) is 5.17. The fourth-order valence-corrected chi connectivity index (χ4v) is 4.19. The van der Waals surface area contributed by atoms with Crippen LogP contribution >= 0.6 is 0 Å². The van der Waals surface area contributed by atoms with Crippen LogP contribution < -0.4 is 20.1 Å². The molecule has 0 radical (unpaired) electrons. The SMILES string of the molecule is CC(C)(C)OC(=O)NCc1cccc(-c2ccc(NC(=O)C3(c4ccc5c(c4)OCO5)CC3)nc2)c1. The lowest BCUT2D eigenvalue weighted by molar-refractivity contribution is -0.118. The zero-order valence-corrected chi connectivity index (χ0v) is 20.6. The summed E-state index contributed by atoms with van der Waals surface area (Å²) in [5.74, 6) is 1.81. The number of nitrogens with zero attached hydrogens (tertiary/aromatic N) is 1. The minimum atomic E-state index is -0.559. The number of alkyl carbamates (subject to hydrolysis) is 1. The molecule has 36 heavy (non-hydrogen) atoms. The van der Waals surface area contributed by atoms with Crippen molar-refractivity contribution >= 4 is 17.8 Å². The van der Waals surface area contributed by atoms with Crippen LogP contribution in [0.3, 0.4) is 0 Å². The Labute approximate surface area is 210 Å². The number of pyridine rings is 1. The maximum absolute atomic E-state index is 13.1. The average molecular weight is 488 g/mol. The molecule has 2 heterocycles. The molecule has 186 valence electrons. The third-order valence-electron chi connectivity index (χ3n) is 6.21. The number of carbonyl (C=O) groups is 2. The Morgan fingerprint density at radius 2 is 1.81 bits per heavy atom. The van der Waals surface area contributed by atoms with Gasteiger partial charge in [0.2, 0.25) is 12.7 Å². The summed E-state index contributed by atoms with van der Waals surface area (Å²) in [6.45, 7) is 6.04. The Morgan fingerprint density at radius 3 is 2.53 bits per heavy atom. The van der Waals surface area contributed by atoms with Gasteiger partial charge in [0.25, 0.3) is 0 Å². The largest absolute Gasteiger partial charge is 0.454 e. The van der Waals surface area contributed by atoms with E-state index in [2.05, 4.69) is 15.6 Å². The second-order valence-electron chi connectivity index (χ2n) is 10.1. The van der Waals surface area contributed by atoms with Gasteiger partial charge in [-0.3, -0.25) is 4.79 Å². The van der Waals surface area contributed by atoms with Gasteiger partial charge in [-0.25, -0.2) is 9.78 Å². The van der Waals surface area contributed by atoms with E-state index in [0.29, 0.717) is 23.9 Å². The normalized spacial score (nSPS) is 15.2. The molecule has 8 nitrogen and oxygen atoms in total. The molecule has 2 amide bonds.